The second-order valence-electron chi connectivity index (χ2n) is 11.0. The summed E-state index contributed by atoms with van der Waals surface area (Å²) in [7, 11) is 2.93. The number of hydrogen-bond donors (Lipinski definition) is 3. The molecule has 1 aromatic carbocycles. The van der Waals surface area contributed by atoms with Crippen molar-refractivity contribution in [2.24, 2.45) is 25.4 Å². The number of aliphatic hydroxyl groups is 2. The Bertz CT molecular complexity index is 1380. The molecule has 1 aliphatic rings. The molecular weight excluding hydrogens is 474 g/mol. The van der Waals surface area contributed by atoms with Crippen LogP contribution in [-0.2, 0) is 25.4 Å². The SMILES string of the molecule is C[C@@H]1CC[C@](C)(CNC(=O)Cn2cnc3c2c(=O)n(C)c(=O)n3C)C[C@H](c2ccccc2)[C@@H](O)[C@@H](O)C1. The number of hydrogen-bond acceptors (Lipinski definition) is 6. The van der Waals surface area contributed by atoms with E-state index in [-0.39, 0.29) is 40.9 Å². The summed E-state index contributed by atoms with van der Waals surface area (Å²) in [6.07, 6.45) is 2.50. The van der Waals surface area contributed by atoms with E-state index in [9.17, 15) is 24.6 Å². The molecular formula is C27H37N5O5. The van der Waals surface area contributed by atoms with Gasteiger partial charge in [0.1, 0.15) is 6.54 Å². The fourth-order valence-corrected chi connectivity index (χ4v) is 5.50. The number of aromatic nitrogens is 4. The third-order valence-corrected chi connectivity index (χ3v) is 7.87. The Hall–Kier alpha value is -3.24. The molecule has 1 fully saturated rings. The summed E-state index contributed by atoms with van der Waals surface area (Å²) in [4.78, 5) is 42.1. The summed E-state index contributed by atoms with van der Waals surface area (Å²) in [5.41, 5.74) is 0.0908. The van der Waals surface area contributed by atoms with Crippen molar-refractivity contribution in [2.75, 3.05) is 6.54 Å². The first-order valence-electron chi connectivity index (χ1n) is 12.8. The third kappa shape index (κ3) is 5.55. The average molecular weight is 512 g/mol. The maximum Gasteiger partial charge on any atom is 0.332 e. The molecule has 2 heterocycles. The van der Waals surface area contributed by atoms with Crippen LogP contribution < -0.4 is 16.6 Å². The van der Waals surface area contributed by atoms with E-state index in [0.29, 0.717) is 19.4 Å². The maximum absolute atomic E-state index is 13.0. The minimum absolute atomic E-state index is 0.111. The highest BCUT2D eigenvalue weighted by Crippen LogP contribution is 2.41. The standard InChI is InChI=1S/C27H37N5O5/c1-17-10-11-27(2,13-19(23(35)20(33)12-17)18-8-6-5-7-9-18)15-28-21(34)14-32-16-29-24-22(32)25(36)31(4)26(37)30(24)3/h5-9,16-17,19-20,23,33,35H,10-15H2,1-4H3,(H,28,34)/t17-,19-,20+,23-,27+/m1/s1. The second kappa shape index (κ2) is 10.6. The lowest BCUT2D eigenvalue weighted by Crippen LogP contribution is -2.41. The van der Waals surface area contributed by atoms with Crippen LogP contribution in [0.1, 0.15) is 51.0 Å². The van der Waals surface area contributed by atoms with Gasteiger partial charge in [0.15, 0.2) is 11.2 Å². The number of nitrogens with one attached hydrogen (secondary N) is 1. The first-order chi connectivity index (χ1) is 17.5. The van der Waals surface area contributed by atoms with Crippen LogP contribution in [0.4, 0.5) is 0 Å². The van der Waals surface area contributed by atoms with Crippen molar-refractivity contribution >= 4 is 17.1 Å². The molecule has 0 spiro atoms. The van der Waals surface area contributed by atoms with Crippen LogP contribution in [0.25, 0.3) is 11.2 Å². The smallest absolute Gasteiger partial charge is 0.332 e. The molecule has 1 aliphatic carbocycles. The number of imidazole rings is 1. The van der Waals surface area contributed by atoms with E-state index >= 15 is 0 Å². The van der Waals surface area contributed by atoms with Gasteiger partial charge in [-0.05, 0) is 36.2 Å². The molecule has 1 saturated carbocycles. The predicted molar refractivity (Wildman–Crippen MR) is 140 cm³/mol. The molecule has 37 heavy (non-hydrogen) atoms. The molecule has 5 atom stereocenters. The number of nitrogens with zero attached hydrogens (tertiary/aromatic N) is 4. The molecule has 0 aliphatic heterocycles. The molecule has 200 valence electrons. The van der Waals surface area contributed by atoms with Crippen molar-refractivity contribution in [1.82, 2.24) is 24.0 Å². The summed E-state index contributed by atoms with van der Waals surface area (Å²) in [5, 5.41) is 24.9. The van der Waals surface area contributed by atoms with E-state index in [4.69, 9.17) is 0 Å². The Morgan fingerprint density at radius 3 is 2.57 bits per heavy atom. The lowest BCUT2D eigenvalue weighted by Gasteiger charge is -2.36. The fraction of sp³-hybridized carbons (Fsp3) is 0.556. The Balaban J connectivity index is 1.54. The van der Waals surface area contributed by atoms with Crippen molar-refractivity contribution in [2.45, 2.75) is 64.2 Å². The summed E-state index contributed by atoms with van der Waals surface area (Å²) >= 11 is 0. The molecule has 0 bridgehead atoms. The number of benzene rings is 1. The lowest BCUT2D eigenvalue weighted by atomic mass is 9.73. The van der Waals surface area contributed by atoms with Crippen LogP contribution in [0.2, 0.25) is 0 Å². The van der Waals surface area contributed by atoms with Crippen LogP contribution in [0.3, 0.4) is 0 Å². The number of carbonyl (C=O) groups excluding carboxylic acids is 1. The molecule has 3 N–H and O–H groups in total. The van der Waals surface area contributed by atoms with Gasteiger partial charge in [-0.3, -0.25) is 18.7 Å². The highest BCUT2D eigenvalue weighted by Gasteiger charge is 2.37. The maximum atomic E-state index is 13.0. The number of carbonyl (C=O) groups is 1. The van der Waals surface area contributed by atoms with Gasteiger partial charge in [-0.25, -0.2) is 9.78 Å². The topological polar surface area (TPSA) is 131 Å². The summed E-state index contributed by atoms with van der Waals surface area (Å²) in [6, 6.07) is 9.72. The predicted octanol–water partition coefficient (Wildman–Crippen LogP) is 1.27. The van der Waals surface area contributed by atoms with Crippen molar-refractivity contribution in [3.8, 4) is 0 Å². The zero-order valence-electron chi connectivity index (χ0n) is 21.9. The Labute approximate surface area is 215 Å². The van der Waals surface area contributed by atoms with Crippen LogP contribution in [-0.4, -0.2) is 53.6 Å². The van der Waals surface area contributed by atoms with E-state index in [2.05, 4.69) is 24.1 Å². The van der Waals surface area contributed by atoms with Crippen LogP contribution in [0.5, 0.6) is 0 Å². The van der Waals surface area contributed by atoms with Crippen molar-refractivity contribution in [3.05, 3.63) is 63.1 Å². The molecule has 0 unspecified atom stereocenters. The second-order valence-corrected chi connectivity index (χ2v) is 11.0. The van der Waals surface area contributed by atoms with Crippen LogP contribution in [0.15, 0.2) is 46.2 Å². The summed E-state index contributed by atoms with van der Waals surface area (Å²) in [5.74, 6) is -0.319. The minimum Gasteiger partial charge on any atom is -0.390 e. The van der Waals surface area contributed by atoms with E-state index in [1.54, 1.807) is 0 Å². The van der Waals surface area contributed by atoms with E-state index in [1.807, 2.05) is 30.3 Å². The van der Waals surface area contributed by atoms with Crippen molar-refractivity contribution in [3.63, 3.8) is 0 Å². The van der Waals surface area contributed by atoms with Crippen LogP contribution in [0, 0.1) is 11.3 Å². The Morgan fingerprint density at radius 2 is 1.86 bits per heavy atom. The monoisotopic (exact) mass is 511 g/mol. The fourth-order valence-electron chi connectivity index (χ4n) is 5.50. The molecule has 4 rings (SSSR count). The van der Waals surface area contributed by atoms with E-state index in [0.717, 1.165) is 23.0 Å². The van der Waals surface area contributed by atoms with Gasteiger partial charge in [0.2, 0.25) is 5.91 Å². The molecule has 10 nitrogen and oxygen atoms in total. The van der Waals surface area contributed by atoms with Gasteiger partial charge in [-0.15, -0.1) is 0 Å². The zero-order chi connectivity index (χ0) is 26.9. The van der Waals surface area contributed by atoms with E-state index < -0.39 is 23.5 Å². The number of fused-ring (bicyclic) bond motifs is 1. The molecule has 3 aromatic rings. The summed E-state index contributed by atoms with van der Waals surface area (Å²) in [6.45, 7) is 4.46. The molecule has 1 amide bonds. The van der Waals surface area contributed by atoms with Gasteiger partial charge in [-0.2, -0.15) is 0 Å². The minimum atomic E-state index is -0.904. The number of amides is 1. The normalized spacial score (nSPS) is 26.9. The Kier molecular flexibility index (Phi) is 7.70. The van der Waals surface area contributed by atoms with Crippen molar-refractivity contribution in [1.29, 1.82) is 0 Å². The largest absolute Gasteiger partial charge is 0.390 e. The summed E-state index contributed by atoms with van der Waals surface area (Å²) < 4.78 is 3.75. The molecule has 0 saturated heterocycles. The van der Waals surface area contributed by atoms with Gasteiger partial charge < -0.3 is 20.1 Å². The molecule has 10 heteroatoms. The van der Waals surface area contributed by atoms with Gasteiger partial charge in [0.05, 0.1) is 18.5 Å². The first-order valence-corrected chi connectivity index (χ1v) is 12.8. The molecule has 0 radical (unpaired) electrons. The first kappa shape index (κ1) is 26.8. The number of aryl methyl sites for hydroxylation is 1. The quantitative estimate of drug-likeness (QED) is 0.473. The number of aliphatic hydroxyl groups excluding tert-OH is 2. The van der Waals surface area contributed by atoms with Gasteiger partial charge in [-0.1, -0.05) is 50.6 Å². The lowest BCUT2D eigenvalue weighted by molar-refractivity contribution is -0.122. The van der Waals surface area contributed by atoms with Crippen molar-refractivity contribution < 1.29 is 15.0 Å². The van der Waals surface area contributed by atoms with Gasteiger partial charge in [0.25, 0.3) is 5.56 Å². The van der Waals surface area contributed by atoms with Gasteiger partial charge >= 0.3 is 5.69 Å². The molecule has 2 aromatic heterocycles. The van der Waals surface area contributed by atoms with E-state index in [1.165, 1.54) is 29.6 Å². The van der Waals surface area contributed by atoms with Crippen LogP contribution >= 0.6 is 0 Å². The highest BCUT2D eigenvalue weighted by molar-refractivity contribution is 5.78. The zero-order valence-corrected chi connectivity index (χ0v) is 21.9. The van der Waals surface area contributed by atoms with Gasteiger partial charge in [0, 0.05) is 26.6 Å². The highest BCUT2D eigenvalue weighted by atomic mass is 16.3. The average Bonchev–Trinajstić information content (AvgIpc) is 3.31. The number of rotatable bonds is 5. The Morgan fingerprint density at radius 1 is 1.16 bits per heavy atom. The third-order valence-electron chi connectivity index (χ3n) is 7.87.